The second-order valence-corrected chi connectivity index (χ2v) is 13.4. The van der Waals surface area contributed by atoms with E-state index < -0.39 is 78.3 Å². The van der Waals surface area contributed by atoms with Crippen molar-refractivity contribution in [3.8, 4) is 11.5 Å². The van der Waals surface area contributed by atoms with Gasteiger partial charge in [0.25, 0.3) is 11.8 Å². The molecule has 1 saturated carbocycles. The number of nitro groups is 2. The van der Waals surface area contributed by atoms with Crippen molar-refractivity contribution < 1.29 is 38.9 Å². The van der Waals surface area contributed by atoms with Gasteiger partial charge in [0.1, 0.15) is 11.5 Å². The molecular formula is C30H27Cl2N5O10. The van der Waals surface area contributed by atoms with Crippen LogP contribution in [-0.4, -0.2) is 81.5 Å². The summed E-state index contributed by atoms with van der Waals surface area (Å²) >= 11 is 14.2. The first-order valence-electron chi connectivity index (χ1n) is 14.3. The van der Waals surface area contributed by atoms with Crippen molar-refractivity contribution in [2.75, 3.05) is 38.1 Å². The number of aromatic hydroxyl groups is 1. The van der Waals surface area contributed by atoms with Crippen LogP contribution in [0.1, 0.15) is 24.3 Å². The standard InChI is InChI=1S/C30H27Cl2N5O10/c1-33(2)24-19(36(43)44)9-13(10-20(24)37(45)46)35-25(39)17-8-7-15-18(22(17)26(35)40)12-29(31)27(41)34(3)28(42)30(29,32)23(15)16-6-5-14(47-4)11-21(16)38/h5-7,9-11,17-18,22-23,38H,8,12H2,1-4H3. The Kier molecular flexibility index (Phi) is 7.28. The highest BCUT2D eigenvalue weighted by molar-refractivity contribution is 6.53. The molecule has 6 rings (SSSR count). The average molecular weight is 688 g/mol. The summed E-state index contributed by atoms with van der Waals surface area (Å²) < 4.78 is 5.20. The summed E-state index contributed by atoms with van der Waals surface area (Å²) in [5.74, 6) is -7.62. The molecule has 2 aromatic carbocycles. The summed E-state index contributed by atoms with van der Waals surface area (Å²) in [6, 6.07) is 6.17. The topological polar surface area (TPSA) is 194 Å². The van der Waals surface area contributed by atoms with E-state index in [0.717, 1.165) is 17.0 Å². The summed E-state index contributed by atoms with van der Waals surface area (Å²) in [7, 11) is 5.39. The summed E-state index contributed by atoms with van der Waals surface area (Å²) in [6.45, 7) is 0. The normalized spacial score (nSPS) is 29.7. The minimum atomic E-state index is -2.13. The molecule has 2 aliphatic carbocycles. The van der Waals surface area contributed by atoms with E-state index in [-0.39, 0.29) is 35.5 Å². The van der Waals surface area contributed by atoms with E-state index in [9.17, 15) is 44.5 Å². The van der Waals surface area contributed by atoms with Gasteiger partial charge < -0.3 is 14.7 Å². The van der Waals surface area contributed by atoms with Crippen molar-refractivity contribution in [1.29, 1.82) is 0 Å². The van der Waals surface area contributed by atoms with E-state index in [4.69, 9.17) is 27.9 Å². The van der Waals surface area contributed by atoms with E-state index in [1.807, 2.05) is 0 Å². The number of rotatable bonds is 6. The Balaban J connectivity index is 1.51. The quantitative estimate of drug-likeness (QED) is 0.154. The van der Waals surface area contributed by atoms with Crippen molar-refractivity contribution in [1.82, 2.24) is 4.90 Å². The Hall–Kier alpha value is -4.76. The summed E-state index contributed by atoms with van der Waals surface area (Å²) in [6.07, 6.45) is 1.27. The number of likely N-dealkylation sites (tertiary alicyclic amines) is 1. The van der Waals surface area contributed by atoms with Crippen LogP contribution >= 0.6 is 23.2 Å². The first kappa shape index (κ1) is 32.2. The Labute approximate surface area is 276 Å². The smallest absolute Gasteiger partial charge is 0.301 e. The van der Waals surface area contributed by atoms with Gasteiger partial charge in [-0.15, -0.1) is 23.2 Å². The van der Waals surface area contributed by atoms with Crippen molar-refractivity contribution in [2.45, 2.75) is 28.5 Å². The van der Waals surface area contributed by atoms with Gasteiger partial charge in [-0.25, -0.2) is 4.90 Å². The minimum Gasteiger partial charge on any atom is -0.508 e. The number of hydrogen-bond acceptors (Lipinski definition) is 11. The van der Waals surface area contributed by atoms with Crippen LogP contribution < -0.4 is 14.5 Å². The third-order valence-corrected chi connectivity index (χ3v) is 11.1. The number of fused-ring (bicyclic) bond motifs is 4. The second-order valence-electron chi connectivity index (χ2n) is 12.2. The molecule has 15 nitrogen and oxygen atoms in total. The van der Waals surface area contributed by atoms with Crippen LogP contribution in [0.15, 0.2) is 42.0 Å². The number of nitro benzene ring substituents is 2. The molecule has 2 aliphatic heterocycles. The van der Waals surface area contributed by atoms with Crippen LogP contribution in [0.3, 0.4) is 0 Å². The summed E-state index contributed by atoms with van der Waals surface area (Å²) in [4.78, 5) is 76.3. The number of hydrogen-bond donors (Lipinski definition) is 1. The van der Waals surface area contributed by atoms with Crippen LogP contribution in [-0.2, 0) is 19.2 Å². The van der Waals surface area contributed by atoms with Crippen LogP contribution in [0.4, 0.5) is 22.7 Å². The number of nitrogens with zero attached hydrogens (tertiary/aromatic N) is 5. The molecular weight excluding hydrogens is 661 g/mol. The number of benzene rings is 2. The van der Waals surface area contributed by atoms with Gasteiger partial charge in [0.15, 0.2) is 15.4 Å². The fourth-order valence-electron chi connectivity index (χ4n) is 7.69. The van der Waals surface area contributed by atoms with Crippen LogP contribution in [0.2, 0.25) is 0 Å². The number of halogens is 2. The first-order chi connectivity index (χ1) is 22.0. The van der Waals surface area contributed by atoms with Gasteiger partial charge in [-0.3, -0.25) is 44.3 Å². The number of amides is 4. The van der Waals surface area contributed by atoms with E-state index in [1.165, 1.54) is 51.4 Å². The summed E-state index contributed by atoms with van der Waals surface area (Å²) in [5.41, 5.74) is -1.53. The maximum Gasteiger partial charge on any atom is 0.301 e. The molecule has 246 valence electrons. The Morgan fingerprint density at radius 1 is 0.979 bits per heavy atom. The fraction of sp³-hybridized carbons (Fsp3) is 0.400. The van der Waals surface area contributed by atoms with Crippen molar-refractivity contribution in [3.63, 3.8) is 0 Å². The lowest BCUT2D eigenvalue weighted by Crippen LogP contribution is -2.60. The number of methoxy groups -OCH3 is 1. The minimum absolute atomic E-state index is 0.0365. The van der Waals surface area contributed by atoms with E-state index in [2.05, 4.69) is 0 Å². The monoisotopic (exact) mass is 687 g/mol. The fourth-order valence-corrected chi connectivity index (χ4v) is 8.71. The SMILES string of the molecule is COc1ccc(C2C3=CCC4C(=O)N(c5cc([N+](=O)[O-])c(N(C)C)c([N+](=O)[O-])c5)C(=O)C4C3CC3(Cl)C(=O)N(C)C(=O)C23Cl)c(O)c1. The molecule has 6 unspecified atom stereocenters. The van der Waals surface area contributed by atoms with Gasteiger partial charge in [0, 0.05) is 50.8 Å². The zero-order valence-corrected chi connectivity index (χ0v) is 26.8. The van der Waals surface area contributed by atoms with Gasteiger partial charge in [-0.2, -0.15) is 0 Å². The van der Waals surface area contributed by atoms with E-state index in [1.54, 1.807) is 6.08 Å². The molecule has 4 amide bonds. The lowest BCUT2D eigenvalue weighted by Gasteiger charge is -2.50. The van der Waals surface area contributed by atoms with Gasteiger partial charge >= 0.3 is 11.4 Å². The van der Waals surface area contributed by atoms with E-state index >= 15 is 0 Å². The number of carbonyl (C=O) groups is 4. The maximum atomic E-state index is 14.3. The zero-order chi connectivity index (χ0) is 34.5. The van der Waals surface area contributed by atoms with Gasteiger partial charge in [-0.1, -0.05) is 17.7 Å². The number of carbonyl (C=O) groups excluding carboxylic acids is 4. The number of phenols is 1. The molecule has 4 aliphatic rings. The van der Waals surface area contributed by atoms with Crippen LogP contribution in [0.5, 0.6) is 11.5 Å². The van der Waals surface area contributed by atoms with Crippen LogP contribution in [0.25, 0.3) is 0 Å². The molecule has 0 radical (unpaired) electrons. The molecule has 3 fully saturated rings. The highest BCUT2D eigenvalue weighted by atomic mass is 35.5. The Bertz CT molecular complexity index is 1830. The molecule has 0 bridgehead atoms. The predicted octanol–water partition coefficient (Wildman–Crippen LogP) is 3.48. The van der Waals surface area contributed by atoms with Crippen LogP contribution in [0, 0.1) is 38.0 Å². The average Bonchev–Trinajstić information content (AvgIpc) is 3.35. The van der Waals surface area contributed by atoms with Crippen molar-refractivity contribution >= 4 is 69.6 Å². The number of anilines is 2. The molecule has 2 saturated heterocycles. The highest BCUT2D eigenvalue weighted by Crippen LogP contribution is 2.66. The molecule has 17 heteroatoms. The predicted molar refractivity (Wildman–Crippen MR) is 167 cm³/mol. The zero-order valence-electron chi connectivity index (χ0n) is 25.3. The summed E-state index contributed by atoms with van der Waals surface area (Å²) in [5, 5.41) is 35.1. The Morgan fingerprint density at radius 2 is 1.60 bits per heavy atom. The molecule has 0 spiro atoms. The second kappa shape index (κ2) is 10.6. The Morgan fingerprint density at radius 3 is 2.13 bits per heavy atom. The van der Waals surface area contributed by atoms with Crippen molar-refractivity contribution in [3.05, 3.63) is 67.8 Å². The number of allylic oxidation sites excluding steroid dienone is 2. The lowest BCUT2D eigenvalue weighted by molar-refractivity contribution is -0.392. The van der Waals surface area contributed by atoms with E-state index in [0.29, 0.717) is 16.2 Å². The molecule has 2 heterocycles. The molecule has 47 heavy (non-hydrogen) atoms. The number of ether oxygens (including phenoxy) is 1. The number of phenolic OH excluding ortho intramolecular Hbond substituents is 1. The number of imide groups is 2. The molecule has 0 aromatic heterocycles. The molecule has 1 N–H and O–H groups in total. The highest BCUT2D eigenvalue weighted by Gasteiger charge is 2.76. The molecule has 2 aromatic rings. The van der Waals surface area contributed by atoms with Crippen molar-refractivity contribution in [2.24, 2.45) is 17.8 Å². The lowest BCUT2D eigenvalue weighted by atomic mass is 9.56. The van der Waals surface area contributed by atoms with Gasteiger partial charge in [-0.05, 0) is 24.8 Å². The van der Waals surface area contributed by atoms with Gasteiger partial charge in [0.2, 0.25) is 11.8 Å². The largest absolute Gasteiger partial charge is 0.508 e. The first-order valence-corrected chi connectivity index (χ1v) is 15.1. The maximum absolute atomic E-state index is 14.3. The third kappa shape index (κ3) is 4.18. The molecule has 6 atom stereocenters. The number of alkyl halides is 2. The van der Waals surface area contributed by atoms with Gasteiger partial charge in [0.05, 0.1) is 34.5 Å². The third-order valence-electron chi connectivity index (χ3n) is 9.72.